The SMILES string of the molecule is COCCCOc1ncnc(OC)c1N. The lowest BCUT2D eigenvalue weighted by Crippen LogP contribution is -2.06. The Morgan fingerprint density at radius 1 is 1.20 bits per heavy atom. The lowest BCUT2D eigenvalue weighted by atomic mass is 10.4. The summed E-state index contributed by atoms with van der Waals surface area (Å²) in [6.45, 7) is 1.14. The van der Waals surface area contributed by atoms with E-state index in [0.29, 0.717) is 30.7 Å². The molecule has 15 heavy (non-hydrogen) atoms. The maximum absolute atomic E-state index is 5.70. The van der Waals surface area contributed by atoms with E-state index in [1.807, 2.05) is 0 Å². The molecule has 84 valence electrons. The van der Waals surface area contributed by atoms with Crippen LogP contribution < -0.4 is 15.2 Å². The Hall–Kier alpha value is -1.56. The molecule has 0 fully saturated rings. The van der Waals surface area contributed by atoms with Crippen LogP contribution in [0.4, 0.5) is 5.69 Å². The topological polar surface area (TPSA) is 79.5 Å². The van der Waals surface area contributed by atoms with Crippen molar-refractivity contribution in [2.75, 3.05) is 33.2 Å². The quantitative estimate of drug-likeness (QED) is 0.692. The fourth-order valence-corrected chi connectivity index (χ4v) is 1.01. The van der Waals surface area contributed by atoms with E-state index in [1.54, 1.807) is 7.11 Å². The number of aromatic nitrogens is 2. The lowest BCUT2D eigenvalue weighted by Gasteiger charge is -2.08. The van der Waals surface area contributed by atoms with Gasteiger partial charge in [0.1, 0.15) is 6.33 Å². The Morgan fingerprint density at radius 3 is 2.60 bits per heavy atom. The van der Waals surface area contributed by atoms with E-state index in [9.17, 15) is 0 Å². The third-order valence-electron chi connectivity index (χ3n) is 1.74. The molecule has 0 bridgehead atoms. The van der Waals surface area contributed by atoms with Crippen LogP contribution in [0.1, 0.15) is 6.42 Å². The molecule has 0 spiro atoms. The van der Waals surface area contributed by atoms with Crippen LogP contribution in [0.25, 0.3) is 0 Å². The van der Waals surface area contributed by atoms with Crippen molar-refractivity contribution in [1.82, 2.24) is 9.97 Å². The molecule has 0 atom stereocenters. The fraction of sp³-hybridized carbons (Fsp3) is 0.556. The first-order chi connectivity index (χ1) is 7.29. The first-order valence-corrected chi connectivity index (χ1v) is 4.55. The summed E-state index contributed by atoms with van der Waals surface area (Å²) in [5, 5.41) is 0. The lowest BCUT2D eigenvalue weighted by molar-refractivity contribution is 0.170. The minimum absolute atomic E-state index is 0.317. The van der Waals surface area contributed by atoms with Gasteiger partial charge in [-0.1, -0.05) is 0 Å². The zero-order valence-electron chi connectivity index (χ0n) is 8.90. The molecule has 6 nitrogen and oxygen atoms in total. The smallest absolute Gasteiger partial charge is 0.244 e. The largest absolute Gasteiger partial charge is 0.479 e. The third-order valence-corrected chi connectivity index (χ3v) is 1.74. The highest BCUT2D eigenvalue weighted by Crippen LogP contribution is 2.25. The van der Waals surface area contributed by atoms with Crippen LogP contribution in [0.15, 0.2) is 6.33 Å². The Labute approximate surface area is 88.4 Å². The van der Waals surface area contributed by atoms with E-state index in [-0.39, 0.29) is 0 Å². The highest BCUT2D eigenvalue weighted by Gasteiger charge is 2.08. The molecule has 0 aromatic carbocycles. The summed E-state index contributed by atoms with van der Waals surface area (Å²) in [5.41, 5.74) is 6.02. The van der Waals surface area contributed by atoms with E-state index >= 15 is 0 Å². The van der Waals surface area contributed by atoms with E-state index < -0.39 is 0 Å². The van der Waals surface area contributed by atoms with Gasteiger partial charge in [0, 0.05) is 20.1 Å². The summed E-state index contributed by atoms with van der Waals surface area (Å²) in [6.07, 6.45) is 2.13. The third kappa shape index (κ3) is 3.25. The van der Waals surface area contributed by atoms with Crippen LogP contribution in [0.3, 0.4) is 0 Å². The number of nitrogen functional groups attached to an aromatic ring is 1. The molecule has 2 N–H and O–H groups in total. The highest BCUT2D eigenvalue weighted by atomic mass is 16.5. The Balaban J connectivity index is 2.53. The number of nitrogens with two attached hydrogens (primary N) is 1. The first kappa shape index (κ1) is 11.5. The molecule has 0 saturated heterocycles. The van der Waals surface area contributed by atoms with Gasteiger partial charge in [0.15, 0.2) is 5.69 Å². The van der Waals surface area contributed by atoms with E-state index in [0.717, 1.165) is 6.42 Å². The molecule has 1 aromatic rings. The second-order valence-electron chi connectivity index (χ2n) is 2.80. The molecule has 0 saturated carbocycles. The molecule has 0 aliphatic carbocycles. The van der Waals surface area contributed by atoms with Crippen molar-refractivity contribution >= 4 is 5.69 Å². The van der Waals surface area contributed by atoms with Crippen molar-refractivity contribution in [3.05, 3.63) is 6.33 Å². The molecule has 6 heteroatoms. The normalized spacial score (nSPS) is 10.0. The molecule has 0 unspecified atom stereocenters. The maximum Gasteiger partial charge on any atom is 0.244 e. The van der Waals surface area contributed by atoms with Crippen LogP contribution in [0, 0.1) is 0 Å². The van der Waals surface area contributed by atoms with Gasteiger partial charge in [-0.2, -0.15) is 9.97 Å². The van der Waals surface area contributed by atoms with Crippen molar-refractivity contribution in [2.24, 2.45) is 0 Å². The molecule has 0 aliphatic heterocycles. The molecule has 0 radical (unpaired) electrons. The summed E-state index contributed by atoms with van der Waals surface area (Å²) in [4.78, 5) is 7.74. The standard InChI is InChI=1S/C9H15N3O3/c1-13-4-3-5-15-9-7(10)8(14-2)11-6-12-9/h6H,3-5,10H2,1-2H3. The monoisotopic (exact) mass is 213 g/mol. The van der Waals surface area contributed by atoms with Crippen LogP contribution in [-0.4, -0.2) is 37.4 Å². The van der Waals surface area contributed by atoms with Gasteiger partial charge in [-0.3, -0.25) is 0 Å². The molecule has 0 aliphatic rings. The number of hydrogen-bond acceptors (Lipinski definition) is 6. The second-order valence-corrected chi connectivity index (χ2v) is 2.80. The van der Waals surface area contributed by atoms with Crippen LogP contribution in [0.2, 0.25) is 0 Å². The molecule has 0 amide bonds. The maximum atomic E-state index is 5.70. The van der Waals surface area contributed by atoms with Crippen LogP contribution in [0.5, 0.6) is 11.8 Å². The minimum Gasteiger partial charge on any atom is -0.479 e. The van der Waals surface area contributed by atoms with Gasteiger partial charge in [0.05, 0.1) is 13.7 Å². The van der Waals surface area contributed by atoms with Crippen molar-refractivity contribution in [3.63, 3.8) is 0 Å². The Bertz CT molecular complexity index is 307. The zero-order valence-corrected chi connectivity index (χ0v) is 8.90. The summed E-state index contributed by atoms with van der Waals surface area (Å²) >= 11 is 0. The van der Waals surface area contributed by atoms with Crippen molar-refractivity contribution in [3.8, 4) is 11.8 Å². The van der Waals surface area contributed by atoms with Crippen LogP contribution >= 0.6 is 0 Å². The van der Waals surface area contributed by atoms with Crippen molar-refractivity contribution < 1.29 is 14.2 Å². The van der Waals surface area contributed by atoms with Gasteiger partial charge in [0.2, 0.25) is 11.8 Å². The van der Waals surface area contributed by atoms with E-state index in [1.165, 1.54) is 13.4 Å². The number of ether oxygens (including phenoxy) is 3. The molecule has 1 aromatic heterocycles. The number of rotatable bonds is 6. The van der Waals surface area contributed by atoms with Gasteiger partial charge in [0.25, 0.3) is 0 Å². The van der Waals surface area contributed by atoms with E-state index in [2.05, 4.69) is 9.97 Å². The van der Waals surface area contributed by atoms with Gasteiger partial charge < -0.3 is 19.9 Å². The zero-order chi connectivity index (χ0) is 11.1. The fourth-order valence-electron chi connectivity index (χ4n) is 1.01. The summed E-state index contributed by atoms with van der Waals surface area (Å²) in [5.74, 6) is 0.671. The van der Waals surface area contributed by atoms with Gasteiger partial charge in [-0.25, -0.2) is 0 Å². The number of hydrogen-bond donors (Lipinski definition) is 1. The average molecular weight is 213 g/mol. The predicted octanol–water partition coefficient (Wildman–Crippen LogP) is 0.483. The summed E-state index contributed by atoms with van der Waals surface area (Å²) in [6, 6.07) is 0. The van der Waals surface area contributed by atoms with E-state index in [4.69, 9.17) is 19.9 Å². The molecular weight excluding hydrogens is 198 g/mol. The number of nitrogens with zero attached hydrogens (tertiary/aromatic N) is 2. The van der Waals surface area contributed by atoms with Gasteiger partial charge in [-0.15, -0.1) is 0 Å². The number of anilines is 1. The van der Waals surface area contributed by atoms with Crippen LogP contribution in [-0.2, 0) is 4.74 Å². The number of methoxy groups -OCH3 is 2. The van der Waals surface area contributed by atoms with Crippen molar-refractivity contribution in [2.45, 2.75) is 6.42 Å². The molecule has 1 heterocycles. The predicted molar refractivity (Wildman–Crippen MR) is 55.0 cm³/mol. The summed E-state index contributed by atoms with van der Waals surface area (Å²) < 4.78 is 15.2. The molecule has 1 rings (SSSR count). The Kier molecular flexibility index (Phi) is 4.62. The second kappa shape index (κ2) is 6.02. The van der Waals surface area contributed by atoms with Gasteiger partial charge >= 0.3 is 0 Å². The average Bonchev–Trinajstić information content (AvgIpc) is 2.26. The minimum atomic E-state index is 0.317. The molecular formula is C9H15N3O3. The first-order valence-electron chi connectivity index (χ1n) is 4.55. The Morgan fingerprint density at radius 2 is 1.93 bits per heavy atom. The van der Waals surface area contributed by atoms with Crippen molar-refractivity contribution in [1.29, 1.82) is 0 Å². The highest BCUT2D eigenvalue weighted by molar-refractivity contribution is 5.55. The van der Waals surface area contributed by atoms with Gasteiger partial charge in [-0.05, 0) is 0 Å². The summed E-state index contributed by atoms with van der Waals surface area (Å²) in [7, 11) is 3.13.